The average molecular weight is 267 g/mol. The van der Waals surface area contributed by atoms with E-state index in [0.29, 0.717) is 18.5 Å². The normalized spacial score (nSPS) is 27.4. The number of nitrogens with zero attached hydrogens (tertiary/aromatic N) is 2. The molecule has 2 unspecified atom stereocenters. The van der Waals surface area contributed by atoms with Gasteiger partial charge in [-0.25, -0.2) is 0 Å². The average Bonchev–Trinajstić information content (AvgIpc) is 2.87. The zero-order chi connectivity index (χ0) is 13.8. The minimum absolute atomic E-state index is 0.246. The van der Waals surface area contributed by atoms with Gasteiger partial charge in [0.05, 0.1) is 6.54 Å². The number of rotatable bonds is 4. The van der Waals surface area contributed by atoms with Crippen molar-refractivity contribution in [1.82, 2.24) is 9.80 Å². The summed E-state index contributed by atoms with van der Waals surface area (Å²) in [6.45, 7) is 4.67. The molecular formula is C15H29N3O. The molecule has 4 heteroatoms. The summed E-state index contributed by atoms with van der Waals surface area (Å²) < 4.78 is 0. The Morgan fingerprint density at radius 1 is 1.32 bits per heavy atom. The fraction of sp³-hybridized carbons (Fsp3) is 0.933. The number of likely N-dealkylation sites (tertiary alicyclic amines) is 1. The number of hydrogen-bond acceptors (Lipinski definition) is 3. The van der Waals surface area contributed by atoms with Crippen LogP contribution in [0, 0.1) is 5.92 Å². The maximum atomic E-state index is 12.3. The number of amides is 1. The molecule has 0 spiro atoms. The lowest BCUT2D eigenvalue weighted by Gasteiger charge is -2.32. The molecule has 0 bridgehead atoms. The Bertz CT molecular complexity index is 300. The van der Waals surface area contributed by atoms with Crippen LogP contribution in [0.15, 0.2) is 0 Å². The summed E-state index contributed by atoms with van der Waals surface area (Å²) in [5.41, 5.74) is 5.95. The Morgan fingerprint density at radius 3 is 2.58 bits per heavy atom. The largest absolute Gasteiger partial charge is 0.342 e. The summed E-state index contributed by atoms with van der Waals surface area (Å²) in [6.07, 6.45) is 7.39. The molecule has 2 N–H and O–H groups in total. The number of carbonyl (C=O) groups is 1. The van der Waals surface area contributed by atoms with E-state index in [9.17, 15) is 4.79 Å². The van der Waals surface area contributed by atoms with Crippen LogP contribution in [0.5, 0.6) is 0 Å². The van der Waals surface area contributed by atoms with E-state index in [-0.39, 0.29) is 11.9 Å². The molecule has 0 radical (unpaired) electrons. The molecule has 0 aromatic carbocycles. The predicted octanol–water partition coefficient (Wildman–Crippen LogP) is 1.45. The second-order valence-corrected chi connectivity index (χ2v) is 6.44. The lowest BCUT2D eigenvalue weighted by atomic mass is 9.94. The summed E-state index contributed by atoms with van der Waals surface area (Å²) in [5, 5.41) is 0. The van der Waals surface area contributed by atoms with Gasteiger partial charge in [0, 0.05) is 25.7 Å². The highest BCUT2D eigenvalue weighted by Crippen LogP contribution is 2.23. The van der Waals surface area contributed by atoms with Crippen molar-refractivity contribution < 1.29 is 4.79 Å². The smallest absolute Gasteiger partial charge is 0.236 e. The van der Waals surface area contributed by atoms with Gasteiger partial charge in [0.2, 0.25) is 5.91 Å². The third-order valence-corrected chi connectivity index (χ3v) is 4.93. The van der Waals surface area contributed by atoms with E-state index >= 15 is 0 Å². The molecule has 2 aliphatic rings. The van der Waals surface area contributed by atoms with Gasteiger partial charge < -0.3 is 10.6 Å². The van der Waals surface area contributed by atoms with Gasteiger partial charge in [0.25, 0.3) is 0 Å². The van der Waals surface area contributed by atoms with Crippen molar-refractivity contribution in [2.24, 2.45) is 11.7 Å². The third kappa shape index (κ3) is 3.93. The molecule has 0 aromatic heterocycles. The standard InChI is InChI=1S/C15H29N3O/c1-12(16)13-8-9-18(10-13)11-15(19)17(2)14-6-4-3-5-7-14/h12-14H,3-11,16H2,1-2H3. The third-order valence-electron chi connectivity index (χ3n) is 4.93. The summed E-state index contributed by atoms with van der Waals surface area (Å²) in [4.78, 5) is 16.6. The van der Waals surface area contributed by atoms with E-state index in [1.54, 1.807) is 0 Å². The van der Waals surface area contributed by atoms with Crippen molar-refractivity contribution in [1.29, 1.82) is 0 Å². The van der Waals surface area contributed by atoms with Crippen LogP contribution in [0.25, 0.3) is 0 Å². The highest BCUT2D eigenvalue weighted by molar-refractivity contribution is 5.78. The van der Waals surface area contributed by atoms with Crippen LogP contribution in [0.1, 0.15) is 45.4 Å². The van der Waals surface area contributed by atoms with Gasteiger partial charge in [0.1, 0.15) is 0 Å². The molecule has 1 aliphatic heterocycles. The molecule has 2 fully saturated rings. The van der Waals surface area contributed by atoms with Crippen molar-refractivity contribution in [3.8, 4) is 0 Å². The molecule has 1 saturated carbocycles. The van der Waals surface area contributed by atoms with Crippen LogP contribution in [-0.2, 0) is 4.79 Å². The Balaban J connectivity index is 1.77. The second-order valence-electron chi connectivity index (χ2n) is 6.44. The summed E-state index contributed by atoms with van der Waals surface area (Å²) >= 11 is 0. The lowest BCUT2D eigenvalue weighted by molar-refractivity contribution is -0.133. The van der Waals surface area contributed by atoms with Gasteiger partial charge in [-0.1, -0.05) is 19.3 Å². The summed E-state index contributed by atoms with van der Waals surface area (Å²) in [7, 11) is 1.98. The first-order valence-electron chi connectivity index (χ1n) is 7.81. The zero-order valence-electron chi connectivity index (χ0n) is 12.5. The number of nitrogens with two attached hydrogens (primary N) is 1. The van der Waals surface area contributed by atoms with Gasteiger partial charge in [-0.05, 0) is 38.6 Å². The second kappa shape index (κ2) is 6.71. The van der Waals surface area contributed by atoms with Crippen molar-refractivity contribution in [3.05, 3.63) is 0 Å². The van der Waals surface area contributed by atoms with Gasteiger partial charge in [-0.2, -0.15) is 0 Å². The van der Waals surface area contributed by atoms with Gasteiger partial charge in [0.15, 0.2) is 0 Å². The van der Waals surface area contributed by atoms with Crippen LogP contribution in [0.3, 0.4) is 0 Å². The van der Waals surface area contributed by atoms with Gasteiger partial charge in [-0.3, -0.25) is 9.69 Å². The molecular weight excluding hydrogens is 238 g/mol. The van der Waals surface area contributed by atoms with Crippen LogP contribution in [-0.4, -0.2) is 54.5 Å². The lowest BCUT2D eigenvalue weighted by Crippen LogP contribution is -2.44. The summed E-state index contributed by atoms with van der Waals surface area (Å²) in [6, 6.07) is 0.726. The minimum Gasteiger partial charge on any atom is -0.342 e. The quantitative estimate of drug-likeness (QED) is 0.838. The Hall–Kier alpha value is -0.610. The molecule has 2 atom stereocenters. The summed E-state index contributed by atoms with van der Waals surface area (Å²) in [5.74, 6) is 0.852. The first kappa shape index (κ1) is 14.8. The molecule has 1 heterocycles. The molecule has 110 valence electrons. The highest BCUT2D eigenvalue weighted by Gasteiger charge is 2.28. The van der Waals surface area contributed by atoms with E-state index < -0.39 is 0 Å². The van der Waals surface area contributed by atoms with Crippen molar-refractivity contribution in [2.75, 3.05) is 26.7 Å². The van der Waals surface area contributed by atoms with Crippen molar-refractivity contribution in [2.45, 2.75) is 57.5 Å². The number of carbonyl (C=O) groups excluding carboxylic acids is 1. The molecule has 4 nitrogen and oxygen atoms in total. The topological polar surface area (TPSA) is 49.6 Å². The Morgan fingerprint density at radius 2 is 2.00 bits per heavy atom. The van der Waals surface area contributed by atoms with Crippen molar-refractivity contribution in [3.63, 3.8) is 0 Å². The van der Waals surface area contributed by atoms with E-state index in [2.05, 4.69) is 11.8 Å². The zero-order valence-corrected chi connectivity index (χ0v) is 12.5. The molecule has 1 saturated heterocycles. The fourth-order valence-electron chi connectivity index (χ4n) is 3.41. The SMILES string of the molecule is CC(N)C1CCN(CC(=O)N(C)C2CCCCC2)C1. The number of hydrogen-bond donors (Lipinski definition) is 1. The molecule has 2 rings (SSSR count). The molecule has 1 aliphatic carbocycles. The van der Waals surface area contributed by atoms with E-state index in [4.69, 9.17) is 5.73 Å². The maximum absolute atomic E-state index is 12.3. The van der Waals surface area contributed by atoms with Gasteiger partial charge in [-0.15, -0.1) is 0 Å². The molecule has 1 amide bonds. The van der Waals surface area contributed by atoms with Crippen molar-refractivity contribution >= 4 is 5.91 Å². The fourth-order valence-corrected chi connectivity index (χ4v) is 3.41. The van der Waals surface area contributed by atoms with E-state index in [0.717, 1.165) is 19.5 Å². The maximum Gasteiger partial charge on any atom is 0.236 e. The first-order valence-corrected chi connectivity index (χ1v) is 7.81. The van der Waals surface area contributed by atoms with E-state index in [1.807, 2.05) is 11.9 Å². The monoisotopic (exact) mass is 267 g/mol. The molecule has 0 aromatic rings. The first-order chi connectivity index (χ1) is 9.08. The van der Waals surface area contributed by atoms with Crippen LogP contribution in [0.4, 0.5) is 0 Å². The van der Waals surface area contributed by atoms with Crippen LogP contribution >= 0.6 is 0 Å². The van der Waals surface area contributed by atoms with E-state index in [1.165, 1.54) is 32.1 Å². The Labute approximate surface area is 117 Å². The van der Waals surface area contributed by atoms with Gasteiger partial charge >= 0.3 is 0 Å². The minimum atomic E-state index is 0.246. The van der Waals surface area contributed by atoms with Crippen LogP contribution in [0.2, 0.25) is 0 Å². The molecule has 19 heavy (non-hydrogen) atoms. The van der Waals surface area contributed by atoms with Crippen LogP contribution < -0.4 is 5.73 Å². The highest BCUT2D eigenvalue weighted by atomic mass is 16.2. The number of likely N-dealkylation sites (N-methyl/N-ethyl adjacent to an activating group) is 1. The Kier molecular flexibility index (Phi) is 5.22. The predicted molar refractivity (Wildman–Crippen MR) is 77.8 cm³/mol.